The highest BCUT2D eigenvalue weighted by Crippen LogP contribution is 2.23. The van der Waals surface area contributed by atoms with E-state index in [-0.39, 0.29) is 5.97 Å². The molecule has 132 valence electrons. The molecule has 0 aliphatic heterocycles. The minimum absolute atomic E-state index is 0.360. The van der Waals surface area contributed by atoms with E-state index in [1.807, 2.05) is 60.2 Å². The molecule has 2 aromatic carbocycles. The van der Waals surface area contributed by atoms with Crippen LogP contribution in [0.4, 0.5) is 5.69 Å². The lowest BCUT2D eigenvalue weighted by Gasteiger charge is -2.08. The fraction of sp³-hybridized carbons (Fsp3) is 0.143. The summed E-state index contributed by atoms with van der Waals surface area (Å²) in [4.78, 5) is 16.4. The second kappa shape index (κ2) is 7.70. The summed E-state index contributed by atoms with van der Waals surface area (Å²) in [6.45, 7) is 1.86. The second-order valence-electron chi connectivity index (χ2n) is 5.70. The number of hydrogen-bond donors (Lipinski definition) is 0. The molecule has 3 rings (SSSR count). The summed E-state index contributed by atoms with van der Waals surface area (Å²) in [5, 5.41) is 0. The monoisotopic (exact) mass is 348 g/mol. The SMILES string of the molecule is COC(=O)c1cccc(N=Cc2cccn2-c2ccc(OC)cc2)c1C. The highest BCUT2D eigenvalue weighted by molar-refractivity contribution is 5.93. The summed E-state index contributed by atoms with van der Waals surface area (Å²) >= 11 is 0. The zero-order valence-corrected chi connectivity index (χ0v) is 15.0. The molecule has 5 nitrogen and oxygen atoms in total. The number of aliphatic imine (C=N–C) groups is 1. The van der Waals surface area contributed by atoms with Crippen molar-refractivity contribution in [3.63, 3.8) is 0 Å². The van der Waals surface area contributed by atoms with Crippen LogP contribution in [0.25, 0.3) is 5.69 Å². The molecule has 26 heavy (non-hydrogen) atoms. The van der Waals surface area contributed by atoms with E-state index in [9.17, 15) is 4.79 Å². The first kappa shape index (κ1) is 17.5. The zero-order valence-electron chi connectivity index (χ0n) is 15.0. The van der Waals surface area contributed by atoms with Crippen LogP contribution in [0.1, 0.15) is 21.6 Å². The van der Waals surface area contributed by atoms with Crippen molar-refractivity contribution in [1.82, 2.24) is 4.57 Å². The molecule has 1 heterocycles. The maximum Gasteiger partial charge on any atom is 0.338 e. The number of aromatic nitrogens is 1. The number of methoxy groups -OCH3 is 2. The van der Waals surface area contributed by atoms with Crippen molar-refractivity contribution < 1.29 is 14.3 Å². The van der Waals surface area contributed by atoms with Crippen LogP contribution >= 0.6 is 0 Å². The third-order valence-corrected chi connectivity index (χ3v) is 4.18. The average molecular weight is 348 g/mol. The number of hydrogen-bond acceptors (Lipinski definition) is 4. The molecular formula is C21H20N2O3. The maximum atomic E-state index is 11.8. The van der Waals surface area contributed by atoms with Crippen molar-refractivity contribution in [2.75, 3.05) is 14.2 Å². The molecule has 1 aromatic heterocycles. The molecule has 0 radical (unpaired) electrons. The van der Waals surface area contributed by atoms with E-state index >= 15 is 0 Å². The van der Waals surface area contributed by atoms with Crippen LogP contribution in [-0.4, -0.2) is 31.0 Å². The van der Waals surface area contributed by atoms with Gasteiger partial charge in [-0.2, -0.15) is 0 Å². The highest BCUT2D eigenvalue weighted by atomic mass is 16.5. The molecule has 0 amide bonds. The first-order valence-electron chi connectivity index (χ1n) is 8.18. The van der Waals surface area contributed by atoms with Gasteiger partial charge in [-0.15, -0.1) is 0 Å². The molecule has 5 heteroatoms. The van der Waals surface area contributed by atoms with Gasteiger partial charge in [0.1, 0.15) is 5.75 Å². The van der Waals surface area contributed by atoms with Crippen molar-refractivity contribution >= 4 is 17.9 Å². The van der Waals surface area contributed by atoms with E-state index in [2.05, 4.69) is 4.99 Å². The van der Waals surface area contributed by atoms with Crippen LogP contribution in [0.2, 0.25) is 0 Å². The number of rotatable bonds is 5. The lowest BCUT2D eigenvalue weighted by Crippen LogP contribution is -2.03. The summed E-state index contributed by atoms with van der Waals surface area (Å²) in [6.07, 6.45) is 3.76. The summed E-state index contributed by atoms with van der Waals surface area (Å²) in [5.41, 5.74) is 3.98. The Morgan fingerprint density at radius 2 is 1.81 bits per heavy atom. The summed E-state index contributed by atoms with van der Waals surface area (Å²) in [7, 11) is 3.02. The predicted molar refractivity (Wildman–Crippen MR) is 102 cm³/mol. The molecule has 0 N–H and O–H groups in total. The number of nitrogens with zero attached hydrogens (tertiary/aromatic N) is 2. The lowest BCUT2D eigenvalue weighted by atomic mass is 10.1. The minimum Gasteiger partial charge on any atom is -0.497 e. The van der Waals surface area contributed by atoms with E-state index in [0.717, 1.165) is 28.4 Å². The Morgan fingerprint density at radius 1 is 1.04 bits per heavy atom. The average Bonchev–Trinajstić information content (AvgIpc) is 3.15. The van der Waals surface area contributed by atoms with Gasteiger partial charge in [-0.25, -0.2) is 4.79 Å². The molecule has 0 aliphatic rings. The van der Waals surface area contributed by atoms with Crippen molar-refractivity contribution in [3.05, 3.63) is 77.6 Å². The number of carbonyl (C=O) groups excluding carboxylic acids is 1. The van der Waals surface area contributed by atoms with Crippen molar-refractivity contribution in [2.24, 2.45) is 4.99 Å². The van der Waals surface area contributed by atoms with Crippen molar-refractivity contribution in [2.45, 2.75) is 6.92 Å². The highest BCUT2D eigenvalue weighted by Gasteiger charge is 2.11. The number of esters is 1. The Kier molecular flexibility index (Phi) is 5.17. The Labute approximate surface area is 152 Å². The lowest BCUT2D eigenvalue weighted by molar-refractivity contribution is 0.0600. The van der Waals surface area contributed by atoms with Gasteiger partial charge in [0.25, 0.3) is 0 Å². The Hall–Kier alpha value is -3.34. The van der Waals surface area contributed by atoms with Crippen LogP contribution in [0.15, 0.2) is 65.8 Å². The van der Waals surface area contributed by atoms with Crippen LogP contribution in [0.5, 0.6) is 5.75 Å². The molecule has 0 saturated carbocycles. The van der Waals surface area contributed by atoms with Gasteiger partial charge in [0, 0.05) is 11.9 Å². The van der Waals surface area contributed by atoms with E-state index < -0.39 is 0 Å². The normalized spacial score (nSPS) is 10.9. The molecule has 0 spiro atoms. The van der Waals surface area contributed by atoms with Gasteiger partial charge in [0.15, 0.2) is 0 Å². The molecule has 0 fully saturated rings. The van der Waals surface area contributed by atoms with Crippen LogP contribution in [0.3, 0.4) is 0 Å². The van der Waals surface area contributed by atoms with Gasteiger partial charge in [-0.05, 0) is 61.0 Å². The molecule has 0 saturated heterocycles. The first-order valence-corrected chi connectivity index (χ1v) is 8.18. The second-order valence-corrected chi connectivity index (χ2v) is 5.70. The van der Waals surface area contributed by atoms with Crippen molar-refractivity contribution in [3.8, 4) is 11.4 Å². The van der Waals surface area contributed by atoms with Crippen molar-refractivity contribution in [1.29, 1.82) is 0 Å². The number of benzene rings is 2. The largest absolute Gasteiger partial charge is 0.497 e. The standard InChI is InChI=1S/C21H20N2O3/c1-15-19(21(24)26-3)7-4-8-20(15)22-14-17-6-5-13-23(17)16-9-11-18(25-2)12-10-16/h4-14H,1-3H3. The van der Waals surface area contributed by atoms with Gasteiger partial charge in [-0.1, -0.05) is 6.07 Å². The molecule has 0 unspecified atom stereocenters. The first-order chi connectivity index (χ1) is 12.6. The van der Waals surface area contributed by atoms with Crippen LogP contribution in [-0.2, 0) is 4.74 Å². The summed E-state index contributed by atoms with van der Waals surface area (Å²) in [5.74, 6) is 0.451. The summed E-state index contributed by atoms with van der Waals surface area (Å²) < 4.78 is 12.0. The molecule has 0 atom stereocenters. The quantitative estimate of drug-likeness (QED) is 0.509. The van der Waals surface area contributed by atoms with Crippen LogP contribution < -0.4 is 4.74 Å². The number of carbonyl (C=O) groups is 1. The smallest absolute Gasteiger partial charge is 0.338 e. The van der Waals surface area contributed by atoms with E-state index in [1.165, 1.54) is 7.11 Å². The third kappa shape index (κ3) is 3.52. The molecule has 0 aliphatic carbocycles. The summed E-state index contributed by atoms with van der Waals surface area (Å²) in [6, 6.07) is 17.2. The molecule has 3 aromatic rings. The third-order valence-electron chi connectivity index (χ3n) is 4.18. The predicted octanol–water partition coefficient (Wildman–Crippen LogP) is 4.33. The Bertz CT molecular complexity index is 940. The van der Waals surface area contributed by atoms with Gasteiger partial charge >= 0.3 is 5.97 Å². The fourth-order valence-corrected chi connectivity index (χ4v) is 2.71. The Morgan fingerprint density at radius 3 is 2.50 bits per heavy atom. The Balaban J connectivity index is 1.91. The van der Waals surface area contributed by atoms with Gasteiger partial charge in [-0.3, -0.25) is 4.99 Å². The van der Waals surface area contributed by atoms with E-state index in [0.29, 0.717) is 5.56 Å². The fourth-order valence-electron chi connectivity index (χ4n) is 2.71. The van der Waals surface area contributed by atoms with Gasteiger partial charge < -0.3 is 14.0 Å². The number of ether oxygens (including phenoxy) is 2. The maximum absolute atomic E-state index is 11.8. The molecular weight excluding hydrogens is 328 g/mol. The van der Waals surface area contributed by atoms with E-state index in [1.54, 1.807) is 25.5 Å². The van der Waals surface area contributed by atoms with Gasteiger partial charge in [0.05, 0.1) is 37.4 Å². The van der Waals surface area contributed by atoms with Crippen LogP contribution in [0, 0.1) is 6.92 Å². The topological polar surface area (TPSA) is 52.8 Å². The molecule has 0 bridgehead atoms. The van der Waals surface area contributed by atoms with Gasteiger partial charge in [0.2, 0.25) is 0 Å². The van der Waals surface area contributed by atoms with E-state index in [4.69, 9.17) is 9.47 Å². The zero-order chi connectivity index (χ0) is 18.5. The minimum atomic E-state index is -0.360.